The van der Waals surface area contributed by atoms with Crippen LogP contribution in [0.1, 0.15) is 69.8 Å². The van der Waals surface area contributed by atoms with E-state index in [-0.39, 0.29) is 44.2 Å². The molecule has 0 radical (unpaired) electrons. The van der Waals surface area contributed by atoms with Gasteiger partial charge in [-0.1, -0.05) is 66.6 Å². The lowest BCUT2D eigenvalue weighted by Crippen LogP contribution is -2.69. The summed E-state index contributed by atoms with van der Waals surface area (Å²) in [4.78, 5) is 21.1. The van der Waals surface area contributed by atoms with Gasteiger partial charge in [-0.05, 0) is 97.5 Å². The zero-order valence-corrected chi connectivity index (χ0v) is 32.2. The molecule has 1 saturated carbocycles. The number of unbranched alkanes of at least 4 members (excludes halogenated alkanes) is 2. The van der Waals surface area contributed by atoms with Crippen LogP contribution in [0.4, 0.5) is 4.79 Å². The van der Waals surface area contributed by atoms with Gasteiger partial charge in [0, 0.05) is 38.2 Å². The predicted octanol–water partition coefficient (Wildman–Crippen LogP) is 8.93. The summed E-state index contributed by atoms with van der Waals surface area (Å²) in [5, 5.41) is 26.6. The van der Waals surface area contributed by atoms with Crippen molar-refractivity contribution in [3.05, 3.63) is 103 Å². The summed E-state index contributed by atoms with van der Waals surface area (Å²) in [5.41, 5.74) is 2.70. The Balaban J connectivity index is 1.53. The largest absolute Gasteiger partial charge is 0.459 e. The van der Waals surface area contributed by atoms with Gasteiger partial charge in [0.1, 0.15) is 29.9 Å². The number of fused-ring (bicyclic) bond motifs is 3. The van der Waals surface area contributed by atoms with E-state index in [4.69, 9.17) is 28.9 Å². The maximum atomic E-state index is 13.7. The monoisotopic (exact) mass is 752 g/mol. The number of hydrogen-bond acceptors (Lipinski definition) is 9. The predicted molar refractivity (Wildman–Crippen MR) is 215 cm³/mol. The minimum atomic E-state index is -1.35. The first-order valence-corrected chi connectivity index (χ1v) is 19.8. The van der Waals surface area contributed by atoms with E-state index in [2.05, 4.69) is 43.5 Å². The minimum Gasteiger partial charge on any atom is -0.459 e. The van der Waals surface area contributed by atoms with Crippen molar-refractivity contribution in [1.29, 1.82) is 0 Å². The van der Waals surface area contributed by atoms with Crippen LogP contribution in [0.15, 0.2) is 103 Å². The molecule has 6 rings (SSSR count). The van der Waals surface area contributed by atoms with Crippen molar-refractivity contribution in [3.63, 3.8) is 0 Å². The maximum Gasteiger partial charge on any atom is 0.409 e. The number of allylic oxidation sites excluding steroid dienone is 1. The third-order valence-corrected chi connectivity index (χ3v) is 11.2. The van der Waals surface area contributed by atoms with Crippen LogP contribution in [0.2, 0.25) is 0 Å². The van der Waals surface area contributed by atoms with E-state index in [9.17, 15) is 15.0 Å². The summed E-state index contributed by atoms with van der Waals surface area (Å²) in [7, 11) is 1.72. The van der Waals surface area contributed by atoms with Gasteiger partial charge in [0.2, 0.25) is 5.79 Å². The topological polar surface area (TPSA) is 119 Å². The van der Waals surface area contributed by atoms with E-state index in [1.54, 1.807) is 24.1 Å². The third-order valence-electron chi connectivity index (χ3n) is 11.2. The lowest BCUT2D eigenvalue weighted by atomic mass is 9.55. The maximum absolute atomic E-state index is 13.7. The molecular weight excluding hydrogens is 697 g/mol. The summed E-state index contributed by atoms with van der Waals surface area (Å²) in [6.07, 6.45) is 10.8. The molecule has 0 spiro atoms. The average Bonchev–Trinajstić information content (AvgIpc) is 3.20. The number of oxime groups is 1. The molecule has 6 unspecified atom stereocenters. The zero-order valence-electron chi connectivity index (χ0n) is 32.2. The first-order chi connectivity index (χ1) is 26.9. The normalized spacial score (nSPS) is 24.5. The highest BCUT2D eigenvalue weighted by atomic mass is 16.7. The van der Waals surface area contributed by atoms with Crippen LogP contribution >= 0.6 is 0 Å². The average molecular weight is 753 g/mol. The third kappa shape index (κ3) is 8.62. The number of likely N-dealkylation sites (N-methyl/N-ethyl adjacent to an activating group) is 1. The van der Waals surface area contributed by atoms with Gasteiger partial charge >= 0.3 is 6.09 Å². The molecule has 1 amide bonds. The summed E-state index contributed by atoms with van der Waals surface area (Å²) >= 11 is 0. The Morgan fingerprint density at radius 1 is 0.982 bits per heavy atom. The highest BCUT2D eigenvalue weighted by molar-refractivity contribution is 6.03. The number of carbonyl (C=O) groups excluding carboxylic acids is 1. The lowest BCUT2D eigenvalue weighted by Gasteiger charge is -2.59. The van der Waals surface area contributed by atoms with Gasteiger partial charge in [-0.25, -0.2) is 4.79 Å². The summed E-state index contributed by atoms with van der Waals surface area (Å²) < 4.78 is 26.4. The molecule has 294 valence electrons. The van der Waals surface area contributed by atoms with Crippen molar-refractivity contribution in [2.45, 2.75) is 76.0 Å². The van der Waals surface area contributed by atoms with Crippen molar-refractivity contribution >= 4 is 22.6 Å². The van der Waals surface area contributed by atoms with E-state index in [0.717, 1.165) is 59.1 Å². The number of ether oxygens (including phenoxy) is 4. The first kappa shape index (κ1) is 40.0. The van der Waals surface area contributed by atoms with Gasteiger partial charge in [-0.15, -0.1) is 13.2 Å². The van der Waals surface area contributed by atoms with Gasteiger partial charge in [0.05, 0.1) is 24.8 Å². The summed E-state index contributed by atoms with van der Waals surface area (Å²) in [6.45, 7) is 10.6. The van der Waals surface area contributed by atoms with E-state index < -0.39 is 23.8 Å². The summed E-state index contributed by atoms with van der Waals surface area (Å²) in [5.74, 6) is 0.365. The number of rotatable bonds is 19. The fourth-order valence-electron chi connectivity index (χ4n) is 8.76. The van der Waals surface area contributed by atoms with Gasteiger partial charge in [-0.2, -0.15) is 0 Å². The van der Waals surface area contributed by atoms with Gasteiger partial charge < -0.3 is 38.9 Å². The summed E-state index contributed by atoms with van der Waals surface area (Å²) in [6, 6.07) is 19.6. The smallest absolute Gasteiger partial charge is 0.409 e. The van der Waals surface area contributed by atoms with Crippen molar-refractivity contribution in [2.24, 2.45) is 22.9 Å². The number of carbonyl (C=O) groups is 1. The van der Waals surface area contributed by atoms with E-state index >= 15 is 0 Å². The Labute approximate surface area is 325 Å². The molecule has 6 atom stereocenters. The van der Waals surface area contributed by atoms with Crippen molar-refractivity contribution in [3.8, 4) is 17.2 Å². The van der Waals surface area contributed by atoms with Gasteiger partial charge in [-0.3, -0.25) is 0 Å². The number of aliphatic hydroxyl groups excluding tert-OH is 2. The highest BCUT2D eigenvalue weighted by Crippen LogP contribution is 2.62. The fourth-order valence-corrected chi connectivity index (χ4v) is 8.76. The molecule has 10 nitrogen and oxygen atoms in total. The molecule has 1 heterocycles. The Kier molecular flexibility index (Phi) is 13.7. The molecule has 3 aromatic carbocycles. The first-order valence-electron chi connectivity index (χ1n) is 19.8. The van der Waals surface area contributed by atoms with Crippen molar-refractivity contribution < 1.29 is 38.8 Å². The molecule has 2 aliphatic carbocycles. The molecule has 3 aliphatic rings. The Hall–Kier alpha value is -4.64. The molecule has 1 fully saturated rings. The molecule has 55 heavy (non-hydrogen) atoms. The van der Waals surface area contributed by atoms with Gasteiger partial charge in [0.15, 0.2) is 0 Å². The Morgan fingerprint density at radius 2 is 1.73 bits per heavy atom. The van der Waals surface area contributed by atoms with Crippen LogP contribution in [0.25, 0.3) is 10.8 Å². The van der Waals surface area contributed by atoms with Crippen LogP contribution < -0.4 is 9.47 Å². The SMILES string of the molecule is C=CCCOC(=O)N(C)C1CC(=NOCC)C2=CC(CCCCO)C(CCCCO)C3c4cc(Oc5ccc6ccccc6c5)ccc4OC1(OCC=C)C23. The lowest BCUT2D eigenvalue weighted by molar-refractivity contribution is -0.253. The molecule has 1 aliphatic heterocycles. The molecule has 10 heteroatoms. The Morgan fingerprint density at radius 3 is 2.47 bits per heavy atom. The second-order valence-corrected chi connectivity index (χ2v) is 14.6. The second-order valence-electron chi connectivity index (χ2n) is 14.6. The fraction of sp³-hybridized carbons (Fsp3) is 0.467. The molecular formula is C45H56N2O8. The van der Waals surface area contributed by atoms with Crippen molar-refractivity contribution in [1.82, 2.24) is 4.90 Å². The molecule has 0 bridgehead atoms. The quantitative estimate of drug-likeness (QED) is 0.0708. The van der Waals surface area contributed by atoms with E-state index in [1.165, 1.54) is 0 Å². The standard InChI is InChI=1S/C45H56N2O8/c1-5-8-26-51-44(50)47(4)41-30-39(46-53-7-3)37-28-33(17-11-13-23-48)36(18-12-14-24-49)42-38-29-35(54-34-20-19-31-15-9-10-16-32(31)27-34)21-22-40(38)55-45(41,43(37)42)52-25-6-2/h5-6,9-10,15-16,19-22,27-29,33,36,41-43,48-49H,1-2,7-8,11-14,17-18,23-26,30H2,3-4H3. The van der Waals surface area contributed by atoms with E-state index in [1.807, 2.05) is 43.3 Å². The molecule has 0 aromatic heterocycles. The minimum absolute atomic E-state index is 0.0983. The van der Waals surface area contributed by atoms with Crippen LogP contribution in [0.5, 0.6) is 17.2 Å². The second kappa shape index (κ2) is 18.8. The number of nitrogens with zero attached hydrogens (tertiary/aromatic N) is 2. The number of benzene rings is 3. The van der Waals surface area contributed by atoms with E-state index in [0.29, 0.717) is 43.8 Å². The Bertz CT molecular complexity index is 1860. The van der Waals surface area contributed by atoms with Gasteiger partial charge in [0.25, 0.3) is 0 Å². The molecule has 2 N–H and O–H groups in total. The van der Waals surface area contributed by atoms with Crippen molar-refractivity contribution in [2.75, 3.05) is 40.1 Å². The van der Waals surface area contributed by atoms with Crippen LogP contribution in [0, 0.1) is 17.8 Å². The van der Waals surface area contributed by atoms with Crippen LogP contribution in [0.3, 0.4) is 0 Å². The zero-order chi connectivity index (χ0) is 38.8. The van der Waals surface area contributed by atoms with Crippen LogP contribution in [-0.2, 0) is 14.3 Å². The number of hydrogen-bond donors (Lipinski definition) is 2. The molecule has 0 saturated heterocycles. The number of amides is 1. The molecule has 3 aromatic rings. The number of aliphatic hydroxyl groups is 2. The highest BCUT2D eigenvalue weighted by Gasteiger charge is 2.65. The van der Waals surface area contributed by atoms with Crippen LogP contribution in [-0.4, -0.2) is 78.8 Å².